The zero-order valence-electron chi connectivity index (χ0n) is 17.1. The van der Waals surface area contributed by atoms with E-state index in [0.717, 1.165) is 34.7 Å². The minimum Gasteiger partial charge on any atom is -0.349 e. The highest BCUT2D eigenvalue weighted by molar-refractivity contribution is 7.99. The highest BCUT2D eigenvalue weighted by Crippen LogP contribution is 2.24. The number of para-hydroxylation sites is 2. The van der Waals surface area contributed by atoms with Crippen molar-refractivity contribution in [3.05, 3.63) is 59.7 Å². The largest absolute Gasteiger partial charge is 0.349 e. The fraction of sp³-hybridized carbons (Fsp3) is 0.391. The number of carbonyl (C=O) groups is 1. The standard InChI is InChI=1S/C23H29N3OS/c1-5-26-21-9-7-6-8-20(21)25-23(26)28-15-22(27)24-17(4)19-12-10-18(11-13-19)14-16(2)3/h6-13,16-17H,5,14-15H2,1-4H3,(H,24,27)/t17-/m1/s1. The summed E-state index contributed by atoms with van der Waals surface area (Å²) in [5, 5.41) is 3.99. The molecule has 1 heterocycles. The van der Waals surface area contributed by atoms with Crippen LogP contribution < -0.4 is 5.32 Å². The monoisotopic (exact) mass is 395 g/mol. The average molecular weight is 396 g/mol. The number of rotatable bonds is 8. The lowest BCUT2D eigenvalue weighted by molar-refractivity contribution is -0.119. The topological polar surface area (TPSA) is 46.9 Å². The van der Waals surface area contributed by atoms with E-state index in [9.17, 15) is 4.79 Å². The third-order valence-corrected chi connectivity index (χ3v) is 5.75. The molecule has 2 aromatic carbocycles. The number of aryl methyl sites for hydroxylation is 1. The molecule has 0 saturated heterocycles. The number of fused-ring (bicyclic) bond motifs is 1. The minimum atomic E-state index is -0.00816. The quantitative estimate of drug-likeness (QED) is 0.532. The Hall–Kier alpha value is -2.27. The Bertz CT molecular complexity index is 931. The van der Waals surface area contributed by atoms with E-state index in [-0.39, 0.29) is 11.9 Å². The van der Waals surface area contributed by atoms with Gasteiger partial charge in [0.05, 0.1) is 22.8 Å². The summed E-state index contributed by atoms with van der Waals surface area (Å²) in [6.45, 7) is 9.41. The summed E-state index contributed by atoms with van der Waals surface area (Å²) < 4.78 is 2.16. The molecule has 0 aliphatic rings. The molecule has 1 aromatic heterocycles. The lowest BCUT2D eigenvalue weighted by Crippen LogP contribution is -2.28. The summed E-state index contributed by atoms with van der Waals surface area (Å²) in [6, 6.07) is 16.6. The smallest absolute Gasteiger partial charge is 0.230 e. The molecule has 0 fully saturated rings. The van der Waals surface area contributed by atoms with Gasteiger partial charge in [-0.1, -0.05) is 62.0 Å². The van der Waals surface area contributed by atoms with Crippen molar-refractivity contribution in [3.63, 3.8) is 0 Å². The van der Waals surface area contributed by atoms with E-state index in [1.807, 2.05) is 25.1 Å². The molecule has 3 aromatic rings. The van der Waals surface area contributed by atoms with Crippen molar-refractivity contribution in [1.29, 1.82) is 0 Å². The molecule has 5 heteroatoms. The first-order valence-electron chi connectivity index (χ1n) is 9.94. The molecule has 0 aliphatic carbocycles. The van der Waals surface area contributed by atoms with E-state index < -0.39 is 0 Å². The predicted molar refractivity (Wildman–Crippen MR) is 118 cm³/mol. The number of amides is 1. The molecule has 0 unspecified atom stereocenters. The number of nitrogens with zero attached hydrogens (tertiary/aromatic N) is 2. The third-order valence-electron chi connectivity index (χ3n) is 4.77. The van der Waals surface area contributed by atoms with Crippen LogP contribution in [0.1, 0.15) is 44.9 Å². The van der Waals surface area contributed by atoms with Gasteiger partial charge in [0.1, 0.15) is 0 Å². The second-order valence-electron chi connectivity index (χ2n) is 7.54. The zero-order valence-corrected chi connectivity index (χ0v) is 17.9. The number of thioether (sulfide) groups is 1. The first-order valence-corrected chi connectivity index (χ1v) is 10.9. The van der Waals surface area contributed by atoms with Gasteiger partial charge in [0.2, 0.25) is 5.91 Å². The van der Waals surface area contributed by atoms with Crippen molar-refractivity contribution in [2.24, 2.45) is 5.92 Å². The van der Waals surface area contributed by atoms with Crippen LogP contribution in [0.4, 0.5) is 0 Å². The molecule has 4 nitrogen and oxygen atoms in total. The maximum Gasteiger partial charge on any atom is 0.230 e. The third kappa shape index (κ3) is 4.96. The van der Waals surface area contributed by atoms with Crippen molar-refractivity contribution in [2.45, 2.75) is 51.9 Å². The van der Waals surface area contributed by atoms with E-state index in [1.165, 1.54) is 17.3 Å². The second-order valence-corrected chi connectivity index (χ2v) is 8.49. The van der Waals surface area contributed by atoms with Gasteiger partial charge in [-0.2, -0.15) is 0 Å². The molecular weight excluding hydrogens is 366 g/mol. The molecule has 1 amide bonds. The van der Waals surface area contributed by atoms with Crippen molar-refractivity contribution in [2.75, 3.05) is 5.75 Å². The van der Waals surface area contributed by atoms with Gasteiger partial charge in [0.15, 0.2) is 5.16 Å². The van der Waals surface area contributed by atoms with E-state index in [2.05, 4.69) is 66.0 Å². The molecule has 1 N–H and O–H groups in total. The first kappa shape index (κ1) is 20.5. The van der Waals surface area contributed by atoms with Gasteiger partial charge in [-0.15, -0.1) is 0 Å². The Morgan fingerprint density at radius 2 is 1.82 bits per heavy atom. The summed E-state index contributed by atoms with van der Waals surface area (Å²) in [6.07, 6.45) is 1.08. The minimum absolute atomic E-state index is 0.00816. The van der Waals surface area contributed by atoms with Crippen molar-refractivity contribution in [3.8, 4) is 0 Å². The summed E-state index contributed by atoms with van der Waals surface area (Å²) >= 11 is 1.49. The van der Waals surface area contributed by atoms with Crippen LogP contribution >= 0.6 is 11.8 Å². The number of imidazole rings is 1. The average Bonchev–Trinajstić information content (AvgIpc) is 3.04. The van der Waals surface area contributed by atoms with Crippen LogP contribution in [0.5, 0.6) is 0 Å². The Labute approximate surface area is 171 Å². The van der Waals surface area contributed by atoms with E-state index >= 15 is 0 Å². The molecule has 1 atom stereocenters. The maximum atomic E-state index is 12.5. The zero-order chi connectivity index (χ0) is 20.1. The summed E-state index contributed by atoms with van der Waals surface area (Å²) in [4.78, 5) is 17.1. The maximum absolute atomic E-state index is 12.5. The van der Waals surface area contributed by atoms with Crippen molar-refractivity contribution in [1.82, 2.24) is 14.9 Å². The van der Waals surface area contributed by atoms with Crippen LogP contribution in [0.2, 0.25) is 0 Å². The number of carbonyl (C=O) groups excluding carboxylic acids is 1. The highest BCUT2D eigenvalue weighted by Gasteiger charge is 2.14. The van der Waals surface area contributed by atoms with Gasteiger partial charge in [-0.05, 0) is 49.4 Å². The van der Waals surface area contributed by atoms with Crippen LogP contribution in [0.25, 0.3) is 11.0 Å². The lowest BCUT2D eigenvalue weighted by Gasteiger charge is -2.15. The van der Waals surface area contributed by atoms with Gasteiger partial charge in [-0.25, -0.2) is 4.98 Å². The van der Waals surface area contributed by atoms with Crippen LogP contribution in [0.15, 0.2) is 53.7 Å². The number of benzene rings is 2. The van der Waals surface area contributed by atoms with Gasteiger partial charge in [0.25, 0.3) is 0 Å². The Morgan fingerprint density at radius 3 is 2.50 bits per heavy atom. The molecule has 0 saturated carbocycles. The summed E-state index contributed by atoms with van der Waals surface area (Å²) in [5.74, 6) is 1.03. The molecule has 28 heavy (non-hydrogen) atoms. The van der Waals surface area contributed by atoms with Crippen LogP contribution in [-0.2, 0) is 17.8 Å². The normalized spacial score (nSPS) is 12.5. The predicted octanol–water partition coefficient (Wildman–Crippen LogP) is 5.22. The van der Waals surface area contributed by atoms with E-state index in [1.54, 1.807) is 0 Å². The summed E-state index contributed by atoms with van der Waals surface area (Å²) in [7, 11) is 0. The van der Waals surface area contributed by atoms with Gasteiger partial charge in [-0.3, -0.25) is 4.79 Å². The van der Waals surface area contributed by atoms with Crippen LogP contribution in [0, 0.1) is 5.92 Å². The molecule has 148 valence electrons. The van der Waals surface area contributed by atoms with Crippen LogP contribution in [-0.4, -0.2) is 21.2 Å². The fourth-order valence-electron chi connectivity index (χ4n) is 3.38. The number of hydrogen-bond acceptors (Lipinski definition) is 3. The molecule has 0 spiro atoms. The fourth-order valence-corrected chi connectivity index (χ4v) is 4.27. The van der Waals surface area contributed by atoms with Crippen LogP contribution in [0.3, 0.4) is 0 Å². The van der Waals surface area contributed by atoms with Crippen molar-refractivity contribution >= 4 is 28.7 Å². The van der Waals surface area contributed by atoms with E-state index in [4.69, 9.17) is 0 Å². The summed E-state index contributed by atoms with van der Waals surface area (Å²) in [5.41, 5.74) is 4.56. The highest BCUT2D eigenvalue weighted by atomic mass is 32.2. The van der Waals surface area contributed by atoms with Crippen molar-refractivity contribution < 1.29 is 4.79 Å². The molecule has 0 aliphatic heterocycles. The Kier molecular flexibility index (Phi) is 6.79. The Morgan fingerprint density at radius 1 is 1.11 bits per heavy atom. The second kappa shape index (κ2) is 9.28. The van der Waals surface area contributed by atoms with Gasteiger partial charge in [0, 0.05) is 6.54 Å². The van der Waals surface area contributed by atoms with Gasteiger partial charge >= 0.3 is 0 Å². The molecule has 3 rings (SSSR count). The Balaban J connectivity index is 1.58. The lowest BCUT2D eigenvalue weighted by atomic mass is 10.00. The molecule has 0 radical (unpaired) electrons. The van der Waals surface area contributed by atoms with Gasteiger partial charge < -0.3 is 9.88 Å². The SMILES string of the molecule is CCn1c(SCC(=O)N[C@H](C)c2ccc(CC(C)C)cc2)nc2ccccc21. The number of nitrogens with one attached hydrogen (secondary N) is 1. The number of aromatic nitrogens is 2. The first-order chi connectivity index (χ1) is 13.5. The van der Waals surface area contributed by atoms with E-state index in [0.29, 0.717) is 11.7 Å². The number of hydrogen-bond donors (Lipinski definition) is 1. The molecular formula is C23H29N3OS. The molecule has 0 bridgehead atoms.